The third-order valence-corrected chi connectivity index (χ3v) is 2.95. The largest absolute Gasteiger partial charge is 0.387 e. The van der Waals surface area contributed by atoms with E-state index in [1.807, 2.05) is 0 Å². The molecule has 0 aliphatic carbocycles. The number of benzene rings is 1. The molecule has 6 heteroatoms. The van der Waals surface area contributed by atoms with Gasteiger partial charge in [0.05, 0.1) is 6.10 Å². The highest BCUT2D eigenvalue weighted by Gasteiger charge is 2.07. The lowest BCUT2D eigenvalue weighted by Gasteiger charge is -2.12. The smallest absolute Gasteiger partial charge is 0.130 e. The number of anilines is 1. The van der Waals surface area contributed by atoms with Gasteiger partial charge < -0.3 is 10.4 Å². The first-order valence-corrected chi connectivity index (χ1v) is 6.38. The van der Waals surface area contributed by atoms with Crippen molar-refractivity contribution in [3.05, 3.63) is 51.7 Å². The lowest BCUT2D eigenvalue weighted by molar-refractivity contribution is 0.191. The fraction of sp³-hybridized carbons (Fsp3) is 0.167. The van der Waals surface area contributed by atoms with E-state index in [0.29, 0.717) is 17.9 Å². The second-order valence-corrected chi connectivity index (χ2v) is 4.78. The summed E-state index contributed by atoms with van der Waals surface area (Å²) in [5.41, 5.74) is 0.660. The molecule has 1 heterocycles. The van der Waals surface area contributed by atoms with Crippen molar-refractivity contribution in [1.82, 2.24) is 9.97 Å². The Morgan fingerprint density at radius 2 is 2.00 bits per heavy atom. The van der Waals surface area contributed by atoms with Gasteiger partial charge in [0.1, 0.15) is 21.7 Å². The molecule has 0 bridgehead atoms. The lowest BCUT2D eigenvalue weighted by atomic mass is 10.1. The molecular weight excluding hydrogens is 348 g/mol. The van der Waals surface area contributed by atoms with E-state index in [1.54, 1.807) is 18.2 Å². The summed E-state index contributed by atoms with van der Waals surface area (Å²) in [6, 6.07) is 7.55. The van der Waals surface area contributed by atoms with Gasteiger partial charge in [-0.1, -0.05) is 12.1 Å². The zero-order valence-corrected chi connectivity index (χ0v) is 11.5. The number of rotatable bonds is 4. The third-order valence-electron chi connectivity index (χ3n) is 2.37. The molecule has 0 aliphatic heterocycles. The minimum absolute atomic E-state index is 0.304. The Balaban J connectivity index is 1.96. The predicted octanol–water partition coefficient (Wildman–Crippen LogP) is 2.37. The summed E-state index contributed by atoms with van der Waals surface area (Å²) in [7, 11) is 0. The van der Waals surface area contributed by atoms with E-state index in [-0.39, 0.29) is 5.82 Å². The summed E-state index contributed by atoms with van der Waals surface area (Å²) in [5.74, 6) is 0.333. The molecule has 1 atom stereocenters. The van der Waals surface area contributed by atoms with Gasteiger partial charge in [-0.3, -0.25) is 0 Å². The van der Waals surface area contributed by atoms with Gasteiger partial charge in [0.15, 0.2) is 0 Å². The lowest BCUT2D eigenvalue weighted by Crippen LogP contribution is -2.13. The third kappa shape index (κ3) is 3.61. The number of halogens is 2. The standard InChI is InChI=1S/C12H11FIN3O/c13-9-3-1-8(2-4-9)10(18)6-15-12-5-11(14)16-7-17-12/h1-5,7,10,18H,6H2,(H,15,16,17). The van der Waals surface area contributed by atoms with Crippen LogP contribution in [0.25, 0.3) is 0 Å². The summed E-state index contributed by atoms with van der Waals surface area (Å²) in [4.78, 5) is 7.99. The number of nitrogens with one attached hydrogen (secondary N) is 1. The molecule has 18 heavy (non-hydrogen) atoms. The maximum atomic E-state index is 12.7. The Kier molecular flexibility index (Phi) is 4.43. The highest BCUT2D eigenvalue weighted by atomic mass is 127. The highest BCUT2D eigenvalue weighted by molar-refractivity contribution is 14.1. The normalized spacial score (nSPS) is 12.2. The summed E-state index contributed by atoms with van der Waals surface area (Å²) in [6.07, 6.45) is 0.743. The van der Waals surface area contributed by atoms with E-state index >= 15 is 0 Å². The summed E-state index contributed by atoms with van der Waals surface area (Å²) < 4.78 is 13.6. The molecular formula is C12H11FIN3O. The highest BCUT2D eigenvalue weighted by Crippen LogP contribution is 2.14. The van der Waals surface area contributed by atoms with E-state index < -0.39 is 6.10 Å². The van der Waals surface area contributed by atoms with Crippen LogP contribution < -0.4 is 5.32 Å². The zero-order valence-electron chi connectivity index (χ0n) is 9.35. The molecule has 1 aromatic heterocycles. The topological polar surface area (TPSA) is 58.0 Å². The van der Waals surface area contributed by atoms with Crippen LogP contribution in [0.2, 0.25) is 0 Å². The van der Waals surface area contributed by atoms with Crippen LogP contribution >= 0.6 is 22.6 Å². The molecule has 94 valence electrons. The number of hydrogen-bond acceptors (Lipinski definition) is 4. The maximum Gasteiger partial charge on any atom is 0.130 e. The van der Waals surface area contributed by atoms with Gasteiger partial charge in [-0.05, 0) is 40.3 Å². The van der Waals surface area contributed by atoms with Crippen molar-refractivity contribution in [2.45, 2.75) is 6.10 Å². The Labute approximate surface area is 117 Å². The van der Waals surface area contributed by atoms with Gasteiger partial charge in [-0.25, -0.2) is 14.4 Å². The van der Waals surface area contributed by atoms with Crippen molar-refractivity contribution in [2.24, 2.45) is 0 Å². The Hall–Kier alpha value is -1.28. The minimum atomic E-state index is -0.710. The van der Waals surface area contributed by atoms with E-state index in [0.717, 1.165) is 3.70 Å². The molecule has 2 rings (SSSR count). The molecule has 0 saturated heterocycles. The average molecular weight is 359 g/mol. The van der Waals surface area contributed by atoms with Gasteiger partial charge in [0.25, 0.3) is 0 Å². The van der Waals surface area contributed by atoms with Crippen LogP contribution in [0.3, 0.4) is 0 Å². The first-order valence-electron chi connectivity index (χ1n) is 5.30. The number of aromatic nitrogens is 2. The van der Waals surface area contributed by atoms with Crippen LogP contribution in [0.5, 0.6) is 0 Å². The van der Waals surface area contributed by atoms with Crippen LogP contribution in [0, 0.1) is 9.52 Å². The van der Waals surface area contributed by atoms with Gasteiger partial charge in [-0.2, -0.15) is 0 Å². The molecule has 2 aromatic rings. The Bertz CT molecular complexity index is 521. The van der Waals surface area contributed by atoms with E-state index in [1.165, 1.54) is 18.5 Å². The fourth-order valence-electron chi connectivity index (χ4n) is 1.43. The zero-order chi connectivity index (χ0) is 13.0. The van der Waals surface area contributed by atoms with Crippen LogP contribution in [-0.2, 0) is 0 Å². The van der Waals surface area contributed by atoms with Crippen LogP contribution in [-0.4, -0.2) is 21.6 Å². The molecule has 0 spiro atoms. The van der Waals surface area contributed by atoms with Crippen LogP contribution in [0.4, 0.5) is 10.2 Å². The van der Waals surface area contributed by atoms with Crippen molar-refractivity contribution in [2.75, 3.05) is 11.9 Å². The van der Waals surface area contributed by atoms with Crippen molar-refractivity contribution in [3.8, 4) is 0 Å². The van der Waals surface area contributed by atoms with E-state index in [9.17, 15) is 9.50 Å². The van der Waals surface area contributed by atoms with Crippen LogP contribution in [0.15, 0.2) is 36.7 Å². The van der Waals surface area contributed by atoms with E-state index in [4.69, 9.17) is 0 Å². The summed E-state index contributed by atoms with van der Waals surface area (Å²) >= 11 is 2.08. The van der Waals surface area contributed by atoms with Gasteiger partial charge in [0, 0.05) is 12.6 Å². The number of hydrogen-bond donors (Lipinski definition) is 2. The van der Waals surface area contributed by atoms with Crippen molar-refractivity contribution < 1.29 is 9.50 Å². The van der Waals surface area contributed by atoms with Crippen molar-refractivity contribution in [1.29, 1.82) is 0 Å². The number of aliphatic hydroxyl groups excluding tert-OH is 1. The molecule has 0 saturated carbocycles. The quantitative estimate of drug-likeness (QED) is 0.650. The number of nitrogens with zero attached hydrogens (tertiary/aromatic N) is 2. The number of aliphatic hydroxyl groups is 1. The first-order chi connectivity index (χ1) is 8.65. The van der Waals surface area contributed by atoms with Crippen LogP contribution in [0.1, 0.15) is 11.7 Å². The predicted molar refractivity (Wildman–Crippen MR) is 74.6 cm³/mol. The maximum absolute atomic E-state index is 12.7. The molecule has 1 unspecified atom stereocenters. The fourth-order valence-corrected chi connectivity index (χ4v) is 1.85. The van der Waals surface area contributed by atoms with Gasteiger partial charge in [-0.15, -0.1) is 0 Å². The molecule has 1 aromatic carbocycles. The van der Waals surface area contributed by atoms with Gasteiger partial charge in [0.2, 0.25) is 0 Å². The second kappa shape index (κ2) is 6.05. The monoisotopic (exact) mass is 359 g/mol. The van der Waals surface area contributed by atoms with Crippen molar-refractivity contribution >= 4 is 28.4 Å². The van der Waals surface area contributed by atoms with E-state index in [2.05, 4.69) is 37.9 Å². The molecule has 0 amide bonds. The molecule has 2 N–H and O–H groups in total. The average Bonchev–Trinajstić information content (AvgIpc) is 2.37. The molecule has 0 aliphatic rings. The minimum Gasteiger partial charge on any atom is -0.387 e. The molecule has 0 radical (unpaired) electrons. The SMILES string of the molecule is OC(CNc1cc(I)ncn1)c1ccc(F)cc1. The Morgan fingerprint density at radius 3 is 2.67 bits per heavy atom. The first kappa shape index (κ1) is 13.2. The summed E-state index contributed by atoms with van der Waals surface area (Å²) in [6.45, 7) is 0.304. The second-order valence-electron chi connectivity index (χ2n) is 3.67. The van der Waals surface area contributed by atoms with Gasteiger partial charge >= 0.3 is 0 Å². The Morgan fingerprint density at radius 1 is 1.28 bits per heavy atom. The molecule has 0 fully saturated rings. The molecule has 4 nitrogen and oxygen atoms in total. The summed E-state index contributed by atoms with van der Waals surface area (Å²) in [5, 5.41) is 12.9. The van der Waals surface area contributed by atoms with Crippen molar-refractivity contribution in [3.63, 3.8) is 0 Å².